The molecule has 4 heteroatoms. The van der Waals surface area contributed by atoms with Gasteiger partial charge in [-0.1, -0.05) is 25.3 Å². The number of morpholine rings is 1. The summed E-state index contributed by atoms with van der Waals surface area (Å²) >= 11 is 0. The van der Waals surface area contributed by atoms with Crippen LogP contribution in [0.2, 0.25) is 0 Å². The summed E-state index contributed by atoms with van der Waals surface area (Å²) in [4.78, 5) is 2.06. The average molecular weight is 298 g/mol. The Labute approximate surface area is 130 Å². The fourth-order valence-corrected chi connectivity index (χ4v) is 2.66. The van der Waals surface area contributed by atoms with E-state index in [0.717, 1.165) is 29.9 Å². The van der Waals surface area contributed by atoms with Crippen molar-refractivity contribution in [3.05, 3.63) is 72.4 Å². The Morgan fingerprint density at radius 3 is 2.73 bits per heavy atom. The second-order valence-corrected chi connectivity index (χ2v) is 5.30. The Hall–Kier alpha value is -2.33. The highest BCUT2D eigenvalue weighted by molar-refractivity contribution is 5.81. The average Bonchev–Trinajstić information content (AvgIpc) is 2.55. The molecule has 2 aliphatic heterocycles. The van der Waals surface area contributed by atoms with Gasteiger partial charge >= 0.3 is 0 Å². The van der Waals surface area contributed by atoms with Crippen LogP contribution in [-0.4, -0.2) is 31.2 Å². The minimum Gasteiger partial charge on any atom is -0.378 e. The lowest BCUT2D eigenvalue weighted by Crippen LogP contribution is -2.34. The zero-order valence-electron chi connectivity index (χ0n) is 12.4. The first-order valence-corrected chi connectivity index (χ1v) is 7.31. The lowest BCUT2D eigenvalue weighted by molar-refractivity contribution is 0.0639. The standard InChI is InChI=1S/C18H19FN2O/c1-13-16(4-3-7-20-13)15-5-6-17(18(19)12-15)14(2)21-8-10-22-11-9-21/h3-7,12,20H,1-2,8-11H2. The van der Waals surface area contributed by atoms with E-state index in [4.69, 9.17) is 4.74 Å². The van der Waals surface area contributed by atoms with Crippen LogP contribution >= 0.6 is 0 Å². The van der Waals surface area contributed by atoms with E-state index < -0.39 is 0 Å². The van der Waals surface area contributed by atoms with Crippen LogP contribution in [-0.2, 0) is 4.74 Å². The lowest BCUT2D eigenvalue weighted by atomic mass is 9.98. The molecule has 1 N–H and O–H groups in total. The summed E-state index contributed by atoms with van der Waals surface area (Å²) < 4.78 is 19.8. The van der Waals surface area contributed by atoms with Gasteiger partial charge in [0.15, 0.2) is 0 Å². The van der Waals surface area contributed by atoms with Crippen molar-refractivity contribution >= 4 is 11.3 Å². The predicted octanol–water partition coefficient (Wildman–Crippen LogP) is 3.14. The number of hydrogen-bond acceptors (Lipinski definition) is 3. The fraction of sp³-hybridized carbons (Fsp3) is 0.222. The summed E-state index contributed by atoms with van der Waals surface area (Å²) in [6, 6.07) is 5.23. The molecule has 114 valence electrons. The van der Waals surface area contributed by atoms with Crippen LogP contribution in [0.5, 0.6) is 0 Å². The van der Waals surface area contributed by atoms with Crippen LogP contribution in [0.1, 0.15) is 11.1 Å². The molecular formula is C18H19FN2O. The molecule has 0 atom stereocenters. The number of rotatable bonds is 3. The highest BCUT2D eigenvalue weighted by atomic mass is 19.1. The molecule has 0 radical (unpaired) electrons. The summed E-state index contributed by atoms with van der Waals surface area (Å²) in [6.45, 7) is 10.8. The van der Waals surface area contributed by atoms with Gasteiger partial charge < -0.3 is 15.0 Å². The topological polar surface area (TPSA) is 24.5 Å². The maximum Gasteiger partial charge on any atom is 0.133 e. The first kappa shape index (κ1) is 14.6. The lowest BCUT2D eigenvalue weighted by Gasteiger charge is -2.30. The number of allylic oxidation sites excluding steroid dienone is 3. The molecule has 0 unspecified atom stereocenters. The third kappa shape index (κ3) is 2.83. The number of ether oxygens (including phenoxy) is 1. The van der Waals surface area contributed by atoms with E-state index >= 15 is 0 Å². The van der Waals surface area contributed by atoms with E-state index in [1.807, 2.05) is 18.2 Å². The maximum atomic E-state index is 14.5. The Balaban J connectivity index is 1.86. The molecule has 3 nitrogen and oxygen atoms in total. The van der Waals surface area contributed by atoms with Gasteiger partial charge in [0.25, 0.3) is 0 Å². The molecule has 3 rings (SSSR count). The molecule has 2 heterocycles. The first-order valence-electron chi connectivity index (χ1n) is 7.31. The molecule has 0 amide bonds. The maximum absolute atomic E-state index is 14.5. The monoisotopic (exact) mass is 298 g/mol. The quantitative estimate of drug-likeness (QED) is 0.928. The van der Waals surface area contributed by atoms with Crippen LogP contribution in [0.25, 0.3) is 11.3 Å². The SMILES string of the molecule is C=C1NC=CC=C1c1ccc(C(=C)N2CCOCC2)c(F)c1. The molecule has 1 aromatic carbocycles. The molecular weight excluding hydrogens is 279 g/mol. The molecule has 0 bridgehead atoms. The normalized spacial score (nSPS) is 18.0. The molecule has 2 aliphatic rings. The van der Waals surface area contributed by atoms with Crippen molar-refractivity contribution in [3.8, 4) is 0 Å². The van der Waals surface area contributed by atoms with Crippen LogP contribution in [0.3, 0.4) is 0 Å². The largest absolute Gasteiger partial charge is 0.378 e. The Bertz CT molecular complexity index is 670. The summed E-state index contributed by atoms with van der Waals surface area (Å²) in [5.41, 5.74) is 3.71. The van der Waals surface area contributed by atoms with Crippen molar-refractivity contribution in [1.29, 1.82) is 0 Å². The van der Waals surface area contributed by atoms with Gasteiger partial charge in [0.05, 0.1) is 13.2 Å². The number of dihydropyridines is 1. The van der Waals surface area contributed by atoms with Crippen LogP contribution < -0.4 is 5.32 Å². The second-order valence-electron chi connectivity index (χ2n) is 5.30. The summed E-state index contributed by atoms with van der Waals surface area (Å²) in [5.74, 6) is -0.266. The minimum absolute atomic E-state index is 0.266. The van der Waals surface area contributed by atoms with Crippen molar-refractivity contribution in [1.82, 2.24) is 10.2 Å². The Morgan fingerprint density at radius 2 is 2.05 bits per heavy atom. The molecule has 1 saturated heterocycles. The molecule has 0 spiro atoms. The highest BCUT2D eigenvalue weighted by Gasteiger charge is 2.17. The van der Waals surface area contributed by atoms with E-state index in [1.54, 1.807) is 18.3 Å². The van der Waals surface area contributed by atoms with E-state index in [2.05, 4.69) is 23.4 Å². The van der Waals surface area contributed by atoms with Gasteiger partial charge in [-0.2, -0.15) is 0 Å². The molecule has 0 aliphatic carbocycles. The van der Waals surface area contributed by atoms with Gasteiger partial charge in [0.1, 0.15) is 5.82 Å². The molecule has 22 heavy (non-hydrogen) atoms. The van der Waals surface area contributed by atoms with E-state index in [1.165, 1.54) is 0 Å². The highest BCUT2D eigenvalue weighted by Crippen LogP contribution is 2.28. The molecule has 0 saturated carbocycles. The zero-order valence-corrected chi connectivity index (χ0v) is 12.4. The number of nitrogens with one attached hydrogen (secondary N) is 1. The van der Waals surface area contributed by atoms with Gasteiger partial charge in [-0.3, -0.25) is 0 Å². The van der Waals surface area contributed by atoms with Crippen LogP contribution in [0, 0.1) is 5.82 Å². The molecule has 0 aromatic heterocycles. The molecule has 1 aromatic rings. The summed E-state index contributed by atoms with van der Waals surface area (Å²) in [5, 5.41) is 3.03. The van der Waals surface area contributed by atoms with Crippen molar-refractivity contribution in [2.75, 3.05) is 26.3 Å². The second kappa shape index (κ2) is 6.20. The fourth-order valence-electron chi connectivity index (χ4n) is 2.66. The molecule has 1 fully saturated rings. The number of benzene rings is 1. The van der Waals surface area contributed by atoms with E-state index in [-0.39, 0.29) is 5.82 Å². The summed E-state index contributed by atoms with van der Waals surface area (Å²) in [6.07, 6.45) is 5.60. The van der Waals surface area contributed by atoms with Crippen molar-refractivity contribution in [2.24, 2.45) is 0 Å². The van der Waals surface area contributed by atoms with Crippen molar-refractivity contribution in [3.63, 3.8) is 0 Å². The van der Waals surface area contributed by atoms with Crippen molar-refractivity contribution in [2.45, 2.75) is 0 Å². The van der Waals surface area contributed by atoms with Crippen LogP contribution in [0.15, 0.2) is 55.4 Å². The van der Waals surface area contributed by atoms with Gasteiger partial charge in [-0.05, 0) is 23.8 Å². The summed E-state index contributed by atoms with van der Waals surface area (Å²) in [7, 11) is 0. The third-order valence-electron chi connectivity index (χ3n) is 3.93. The smallest absolute Gasteiger partial charge is 0.133 e. The van der Waals surface area contributed by atoms with E-state index in [9.17, 15) is 4.39 Å². The third-order valence-corrected chi connectivity index (χ3v) is 3.93. The predicted molar refractivity (Wildman–Crippen MR) is 87.2 cm³/mol. The zero-order chi connectivity index (χ0) is 15.5. The van der Waals surface area contributed by atoms with Crippen LogP contribution in [0.4, 0.5) is 4.39 Å². The van der Waals surface area contributed by atoms with Gasteiger partial charge in [0, 0.05) is 41.8 Å². The number of nitrogens with zero attached hydrogens (tertiary/aromatic N) is 1. The van der Waals surface area contributed by atoms with E-state index in [0.29, 0.717) is 24.5 Å². The Morgan fingerprint density at radius 1 is 1.27 bits per heavy atom. The Kier molecular flexibility index (Phi) is 4.11. The van der Waals surface area contributed by atoms with Gasteiger partial charge in [-0.25, -0.2) is 4.39 Å². The van der Waals surface area contributed by atoms with Crippen molar-refractivity contribution < 1.29 is 9.13 Å². The first-order chi connectivity index (χ1) is 10.7. The van der Waals surface area contributed by atoms with Gasteiger partial charge in [0.2, 0.25) is 0 Å². The number of hydrogen-bond donors (Lipinski definition) is 1. The van der Waals surface area contributed by atoms with Gasteiger partial charge in [-0.15, -0.1) is 0 Å². The minimum atomic E-state index is -0.266. The number of halogens is 1.